The van der Waals surface area contributed by atoms with E-state index in [9.17, 15) is 36.3 Å². The van der Waals surface area contributed by atoms with E-state index in [0.717, 1.165) is 11.1 Å². The molecule has 1 aliphatic heterocycles. The normalized spacial score (nSPS) is 16.1. The maximum Gasteiger partial charge on any atom is 0.453 e. The van der Waals surface area contributed by atoms with Gasteiger partial charge in [-0.1, -0.05) is 6.07 Å². The number of amides is 1. The van der Waals surface area contributed by atoms with Gasteiger partial charge in [-0.2, -0.15) is 22.0 Å². The van der Waals surface area contributed by atoms with Crippen LogP contribution < -0.4 is 0 Å². The van der Waals surface area contributed by atoms with Gasteiger partial charge < -0.3 is 10.0 Å². The third-order valence-corrected chi connectivity index (χ3v) is 5.24. The second-order valence-electron chi connectivity index (χ2n) is 7.41. The first-order valence-corrected chi connectivity index (χ1v) is 9.85. The van der Waals surface area contributed by atoms with Gasteiger partial charge in [0, 0.05) is 42.9 Å². The topological polar surface area (TPSA) is 99.9 Å². The molecule has 1 amide bonds. The van der Waals surface area contributed by atoms with E-state index in [1.807, 2.05) is 0 Å². The van der Waals surface area contributed by atoms with Crippen LogP contribution in [0.3, 0.4) is 0 Å². The second-order valence-corrected chi connectivity index (χ2v) is 7.41. The molecule has 12 heteroatoms. The summed E-state index contributed by atoms with van der Waals surface area (Å²) in [6.45, 7) is 1.33. The summed E-state index contributed by atoms with van der Waals surface area (Å²) in [5.41, 5.74) is 0.562. The Labute approximate surface area is 183 Å². The largest absolute Gasteiger partial charge is 0.480 e. The monoisotopic (exact) mass is 471 g/mol. The molecular formula is C21H18F5N3O4. The van der Waals surface area contributed by atoms with Crippen molar-refractivity contribution < 1.29 is 41.4 Å². The second kappa shape index (κ2) is 8.83. The molecule has 1 N–H and O–H groups in total. The van der Waals surface area contributed by atoms with Gasteiger partial charge in [-0.05, 0) is 25.5 Å². The average molecular weight is 471 g/mol. The number of aliphatic carboxylic acids is 1. The molecule has 1 atom stereocenters. The summed E-state index contributed by atoms with van der Waals surface area (Å²) in [4.78, 5) is 45.6. The number of fused-ring (bicyclic) bond motifs is 3. The Kier molecular flexibility index (Phi) is 6.48. The van der Waals surface area contributed by atoms with Gasteiger partial charge in [-0.25, -0.2) is 0 Å². The number of aliphatic imine (C=N–C) groups is 1. The Morgan fingerprint density at radius 1 is 1.18 bits per heavy atom. The van der Waals surface area contributed by atoms with E-state index in [4.69, 9.17) is 5.11 Å². The van der Waals surface area contributed by atoms with Gasteiger partial charge in [-0.15, -0.1) is 0 Å². The van der Waals surface area contributed by atoms with Gasteiger partial charge in [0.05, 0.1) is 16.8 Å². The summed E-state index contributed by atoms with van der Waals surface area (Å²) in [5, 5.41) is 9.51. The molecule has 176 valence electrons. The van der Waals surface area contributed by atoms with Gasteiger partial charge in [0.25, 0.3) is 5.91 Å². The van der Waals surface area contributed by atoms with Crippen molar-refractivity contribution in [1.82, 2.24) is 9.88 Å². The minimum Gasteiger partial charge on any atom is -0.480 e. The number of halogens is 5. The highest BCUT2D eigenvalue weighted by molar-refractivity contribution is 6.24. The molecule has 0 radical (unpaired) electrons. The summed E-state index contributed by atoms with van der Waals surface area (Å²) in [5.74, 6) is -8.83. The summed E-state index contributed by atoms with van der Waals surface area (Å²) < 4.78 is 63.2. The molecule has 3 rings (SSSR count). The Morgan fingerprint density at radius 3 is 2.48 bits per heavy atom. The van der Waals surface area contributed by atoms with Gasteiger partial charge in [0.2, 0.25) is 0 Å². The molecule has 1 aliphatic rings. The Balaban J connectivity index is 1.81. The number of benzene rings is 1. The molecule has 0 aliphatic carbocycles. The quantitative estimate of drug-likeness (QED) is 0.480. The zero-order valence-electron chi connectivity index (χ0n) is 17.2. The summed E-state index contributed by atoms with van der Waals surface area (Å²) in [6, 6.07) is 4.27. The number of carbonyl (C=O) groups excluding carboxylic acids is 2. The molecule has 2 heterocycles. The van der Waals surface area contributed by atoms with E-state index in [1.165, 1.54) is 24.4 Å². The number of ketones is 1. The average Bonchev–Trinajstić information content (AvgIpc) is 2.75. The van der Waals surface area contributed by atoms with Gasteiger partial charge in [0.15, 0.2) is 11.7 Å². The number of rotatable bonds is 7. The van der Waals surface area contributed by atoms with Crippen molar-refractivity contribution in [3.63, 3.8) is 0 Å². The van der Waals surface area contributed by atoms with E-state index in [2.05, 4.69) is 9.98 Å². The van der Waals surface area contributed by atoms with Crippen LogP contribution in [0, 0.1) is 5.92 Å². The predicted octanol–water partition coefficient (Wildman–Crippen LogP) is 4.27. The van der Waals surface area contributed by atoms with E-state index < -0.39 is 48.5 Å². The van der Waals surface area contributed by atoms with Crippen LogP contribution >= 0.6 is 0 Å². The highest BCUT2D eigenvalue weighted by Crippen LogP contribution is 2.39. The third kappa shape index (κ3) is 4.69. The first kappa shape index (κ1) is 24.2. The van der Waals surface area contributed by atoms with Crippen LogP contribution in [0.15, 0.2) is 29.4 Å². The van der Waals surface area contributed by atoms with Crippen LogP contribution in [0.5, 0.6) is 0 Å². The van der Waals surface area contributed by atoms with Crippen molar-refractivity contribution in [3.05, 3.63) is 35.5 Å². The van der Waals surface area contributed by atoms with Crippen LogP contribution in [-0.4, -0.2) is 64.1 Å². The predicted molar refractivity (Wildman–Crippen MR) is 107 cm³/mol. The molecule has 7 nitrogen and oxygen atoms in total. The van der Waals surface area contributed by atoms with Crippen molar-refractivity contribution in [2.45, 2.75) is 31.9 Å². The maximum atomic E-state index is 13.1. The fourth-order valence-corrected chi connectivity index (χ4v) is 3.41. The summed E-state index contributed by atoms with van der Waals surface area (Å²) >= 11 is 0. The fraction of sp³-hybridized carbons (Fsp3) is 0.381. The Morgan fingerprint density at radius 2 is 1.88 bits per heavy atom. The van der Waals surface area contributed by atoms with Crippen LogP contribution in [0.1, 0.15) is 40.5 Å². The van der Waals surface area contributed by atoms with Gasteiger partial charge in [0.1, 0.15) is 0 Å². The van der Waals surface area contributed by atoms with Crippen LogP contribution in [0.2, 0.25) is 0 Å². The molecule has 1 unspecified atom stereocenters. The minimum absolute atomic E-state index is 0.0707. The van der Waals surface area contributed by atoms with Crippen molar-refractivity contribution >= 4 is 40.5 Å². The van der Waals surface area contributed by atoms with Gasteiger partial charge >= 0.3 is 18.1 Å². The number of carboxylic acid groups (broad SMARTS) is 1. The number of hydrogen-bond donors (Lipinski definition) is 1. The van der Waals surface area contributed by atoms with E-state index in [-0.39, 0.29) is 35.4 Å². The molecule has 0 saturated heterocycles. The zero-order chi connectivity index (χ0) is 24.6. The number of carboxylic acids is 1. The van der Waals surface area contributed by atoms with E-state index >= 15 is 0 Å². The number of Topliss-reactive ketones (excluding diaryl/α,β-unsaturated/α-hetero) is 1. The number of hydrogen-bond acceptors (Lipinski definition) is 5. The van der Waals surface area contributed by atoms with E-state index in [0.29, 0.717) is 5.39 Å². The minimum atomic E-state index is -5.65. The molecule has 0 spiro atoms. The molecule has 0 saturated carbocycles. The van der Waals surface area contributed by atoms with Crippen molar-refractivity contribution in [2.75, 3.05) is 13.1 Å². The number of alkyl halides is 5. The van der Waals surface area contributed by atoms with Crippen molar-refractivity contribution in [3.8, 4) is 0 Å². The lowest BCUT2D eigenvalue weighted by atomic mass is 9.93. The fourth-order valence-electron chi connectivity index (χ4n) is 3.41. The van der Waals surface area contributed by atoms with Crippen molar-refractivity contribution in [2.24, 2.45) is 10.9 Å². The first-order chi connectivity index (χ1) is 15.4. The zero-order valence-corrected chi connectivity index (χ0v) is 17.2. The Bertz CT molecular complexity index is 1150. The molecule has 1 aromatic heterocycles. The number of pyridine rings is 1. The SMILES string of the molecule is CCN(CCCC(F)(F)C(F)(F)F)C(=O)c1cnc2c3c(ccc2c1)C(=O)C(C(=O)O)C=N3. The highest BCUT2D eigenvalue weighted by Gasteiger charge is 2.56. The van der Waals surface area contributed by atoms with E-state index in [1.54, 1.807) is 6.92 Å². The number of aromatic nitrogens is 1. The van der Waals surface area contributed by atoms with Gasteiger partial charge in [-0.3, -0.25) is 24.4 Å². The molecule has 0 bridgehead atoms. The van der Waals surface area contributed by atoms with Crippen LogP contribution in [0.4, 0.5) is 27.6 Å². The summed E-state index contributed by atoms with van der Waals surface area (Å²) in [6.07, 6.45) is -5.46. The highest BCUT2D eigenvalue weighted by atomic mass is 19.4. The molecule has 2 aromatic rings. The lowest BCUT2D eigenvalue weighted by Crippen LogP contribution is -2.38. The first-order valence-electron chi connectivity index (χ1n) is 9.85. The summed E-state index contributed by atoms with van der Waals surface area (Å²) in [7, 11) is 0. The van der Waals surface area contributed by atoms with Crippen LogP contribution in [-0.2, 0) is 4.79 Å². The lowest BCUT2D eigenvalue weighted by molar-refractivity contribution is -0.284. The lowest BCUT2D eigenvalue weighted by Gasteiger charge is -2.24. The van der Waals surface area contributed by atoms with Crippen molar-refractivity contribution in [1.29, 1.82) is 0 Å². The molecule has 1 aromatic carbocycles. The third-order valence-electron chi connectivity index (χ3n) is 5.24. The molecule has 0 fully saturated rings. The molecular weight excluding hydrogens is 453 g/mol. The Hall–Kier alpha value is -3.44. The van der Waals surface area contributed by atoms with Crippen LogP contribution in [0.25, 0.3) is 10.9 Å². The standard InChI is InChI=1S/C21H18F5N3O4/c1-2-29(7-3-6-20(22,23)21(24,25)26)18(31)12-8-11-4-5-13-16(15(11)27-9-12)28-10-14(17(13)30)19(32)33/h4-5,8-10,14H,2-3,6-7H2,1H3,(H,32,33). The number of nitrogens with zero attached hydrogens (tertiary/aromatic N) is 3. The smallest absolute Gasteiger partial charge is 0.453 e. The number of carbonyl (C=O) groups is 3. The maximum absolute atomic E-state index is 13.1. The molecule has 33 heavy (non-hydrogen) atoms.